The molecule has 1 aromatic heterocycles. The molecule has 2 aromatic rings. The number of hydrogen-bond acceptors (Lipinski definition) is 4. The van der Waals surface area contributed by atoms with Crippen LogP contribution in [0.3, 0.4) is 0 Å². The molecule has 0 spiro atoms. The van der Waals surface area contributed by atoms with E-state index in [-0.39, 0.29) is 12.4 Å². The predicted molar refractivity (Wildman–Crippen MR) is 99.5 cm³/mol. The van der Waals surface area contributed by atoms with Gasteiger partial charge in [0.2, 0.25) is 5.78 Å². The van der Waals surface area contributed by atoms with Crippen LogP contribution in [0.2, 0.25) is 0 Å². The second kappa shape index (κ2) is 7.35. The first-order valence-electron chi connectivity index (χ1n) is 8.82. The summed E-state index contributed by atoms with van der Waals surface area (Å²) in [5, 5.41) is 0. The van der Waals surface area contributed by atoms with Crippen molar-refractivity contribution in [1.29, 1.82) is 0 Å². The summed E-state index contributed by atoms with van der Waals surface area (Å²) in [6.45, 7) is 4.38. The molecular weight excluding hydrogens is 385 g/mol. The average Bonchev–Trinajstić information content (AvgIpc) is 2.67. The monoisotopic (exact) mass is 404 g/mol. The average molecular weight is 404 g/mol. The molecule has 152 valence electrons. The van der Waals surface area contributed by atoms with Gasteiger partial charge in [0.15, 0.2) is 6.73 Å². The van der Waals surface area contributed by atoms with E-state index in [1.54, 1.807) is 37.3 Å². The van der Waals surface area contributed by atoms with Crippen LogP contribution in [0.1, 0.15) is 42.4 Å². The Bertz CT molecular complexity index is 982. The molecule has 1 aliphatic rings. The number of carbonyl (C=O) groups excluding carboxylic acids is 2. The summed E-state index contributed by atoms with van der Waals surface area (Å²) in [4.78, 5) is 31.2. The van der Waals surface area contributed by atoms with Gasteiger partial charge in [0.25, 0.3) is 5.91 Å². The lowest BCUT2D eigenvalue weighted by molar-refractivity contribution is -0.138. The zero-order valence-electron chi connectivity index (χ0n) is 16.1. The lowest BCUT2D eigenvalue weighted by Gasteiger charge is -2.40. The fourth-order valence-corrected chi connectivity index (χ4v) is 3.09. The third kappa shape index (κ3) is 3.87. The number of ketones is 1. The van der Waals surface area contributed by atoms with Crippen molar-refractivity contribution in [2.24, 2.45) is 0 Å². The van der Waals surface area contributed by atoms with E-state index in [1.807, 2.05) is 0 Å². The van der Waals surface area contributed by atoms with Gasteiger partial charge in [-0.2, -0.15) is 13.2 Å². The van der Waals surface area contributed by atoms with Crippen LogP contribution in [0.5, 0.6) is 0 Å². The number of Topliss-reactive ketones (excluding diaryl/α,β-unsaturated/α-hetero) is 1. The van der Waals surface area contributed by atoms with Gasteiger partial charge in [-0.25, -0.2) is 0 Å². The Morgan fingerprint density at radius 2 is 1.79 bits per heavy atom. The van der Waals surface area contributed by atoms with Crippen LogP contribution in [0, 0.1) is 0 Å². The van der Waals surface area contributed by atoms with E-state index in [0.717, 1.165) is 12.3 Å². The molecule has 2 heterocycles. The van der Waals surface area contributed by atoms with Gasteiger partial charge in [-0.15, -0.1) is 0 Å². The molecule has 8 heteroatoms. The summed E-state index contributed by atoms with van der Waals surface area (Å²) in [5.74, 6) is -0.740. The molecule has 1 amide bonds. The maximum absolute atomic E-state index is 13.2. The largest absolute Gasteiger partial charge is 0.477 e. The number of halogens is 3. The lowest BCUT2D eigenvalue weighted by Crippen LogP contribution is -2.55. The topological polar surface area (TPSA) is 59.5 Å². The lowest BCUT2D eigenvalue weighted by atomic mass is 9.91. The first-order chi connectivity index (χ1) is 13.5. The molecule has 0 bridgehead atoms. The Balaban J connectivity index is 1.96. The van der Waals surface area contributed by atoms with Gasteiger partial charge in [-0.1, -0.05) is 30.3 Å². The van der Waals surface area contributed by atoms with E-state index in [1.165, 1.54) is 18.7 Å². The number of nitrogens with zero attached hydrogens (tertiary/aromatic N) is 2. The highest BCUT2D eigenvalue weighted by Gasteiger charge is 2.43. The molecule has 29 heavy (non-hydrogen) atoms. The third-order valence-corrected chi connectivity index (χ3v) is 4.83. The van der Waals surface area contributed by atoms with Gasteiger partial charge in [-0.3, -0.25) is 19.5 Å². The van der Waals surface area contributed by atoms with Crippen molar-refractivity contribution in [2.75, 3.05) is 6.73 Å². The van der Waals surface area contributed by atoms with Crippen LogP contribution in [0.4, 0.5) is 13.2 Å². The molecule has 0 atom stereocenters. The van der Waals surface area contributed by atoms with Crippen molar-refractivity contribution in [3.05, 3.63) is 71.2 Å². The van der Waals surface area contributed by atoms with Crippen molar-refractivity contribution in [2.45, 2.75) is 32.5 Å². The highest BCUT2D eigenvalue weighted by molar-refractivity contribution is 6.22. The number of amides is 1. The molecule has 0 saturated carbocycles. The Kier molecular flexibility index (Phi) is 5.21. The smallest absolute Gasteiger partial charge is 0.416 e. The fourth-order valence-electron chi connectivity index (χ4n) is 3.09. The summed E-state index contributed by atoms with van der Waals surface area (Å²) in [5.41, 5.74) is -1.90. The van der Waals surface area contributed by atoms with Crippen LogP contribution < -0.4 is 0 Å². The molecule has 1 aromatic carbocycles. The van der Waals surface area contributed by atoms with Crippen LogP contribution in [-0.2, 0) is 15.7 Å². The molecule has 0 unspecified atom stereocenters. The van der Waals surface area contributed by atoms with Gasteiger partial charge >= 0.3 is 6.18 Å². The molecule has 0 saturated heterocycles. The summed E-state index contributed by atoms with van der Waals surface area (Å²) in [6, 6.07) is 10.3. The Morgan fingerprint density at radius 3 is 2.41 bits per heavy atom. The second-order valence-corrected chi connectivity index (χ2v) is 7.12. The number of ether oxygens (including phenoxy) is 1. The molecule has 1 aliphatic heterocycles. The second-order valence-electron chi connectivity index (χ2n) is 7.12. The standard InChI is InChI=1S/C21H19F3N2O3/c1-13-17(14-7-5-4-6-8-14)19(28)26(12-29-13)20(2,3)18(27)16-11-15(9-10-25-16)21(22,23)24/h4-11H,12H2,1-3H3. The fraction of sp³-hybridized carbons (Fsp3) is 0.286. The molecule has 3 rings (SSSR count). The summed E-state index contributed by atoms with van der Waals surface area (Å²) in [6.07, 6.45) is -3.67. The van der Waals surface area contributed by atoms with E-state index < -0.39 is 29.0 Å². The number of allylic oxidation sites excluding steroid dienone is 1. The van der Waals surface area contributed by atoms with Gasteiger partial charge < -0.3 is 4.74 Å². The maximum atomic E-state index is 13.2. The first kappa shape index (κ1) is 20.6. The van der Waals surface area contributed by atoms with Crippen molar-refractivity contribution < 1.29 is 27.5 Å². The van der Waals surface area contributed by atoms with Crippen molar-refractivity contribution in [3.63, 3.8) is 0 Å². The minimum Gasteiger partial charge on any atom is -0.477 e. The van der Waals surface area contributed by atoms with E-state index in [9.17, 15) is 22.8 Å². The summed E-state index contributed by atoms with van der Waals surface area (Å²) < 4.78 is 44.6. The van der Waals surface area contributed by atoms with E-state index >= 15 is 0 Å². The Hall–Kier alpha value is -3.16. The molecule has 0 N–H and O–H groups in total. The summed E-state index contributed by atoms with van der Waals surface area (Å²) in [7, 11) is 0. The van der Waals surface area contributed by atoms with Crippen molar-refractivity contribution in [3.8, 4) is 0 Å². The van der Waals surface area contributed by atoms with Gasteiger partial charge in [0.05, 0.1) is 11.1 Å². The number of rotatable bonds is 4. The van der Waals surface area contributed by atoms with E-state index in [4.69, 9.17) is 4.74 Å². The number of aromatic nitrogens is 1. The number of hydrogen-bond donors (Lipinski definition) is 0. The summed E-state index contributed by atoms with van der Waals surface area (Å²) >= 11 is 0. The molecule has 0 fully saturated rings. The zero-order chi connectivity index (χ0) is 21.4. The van der Waals surface area contributed by atoms with E-state index in [0.29, 0.717) is 23.0 Å². The maximum Gasteiger partial charge on any atom is 0.416 e. The zero-order valence-corrected chi connectivity index (χ0v) is 16.1. The van der Waals surface area contributed by atoms with Crippen LogP contribution in [-0.4, -0.2) is 33.8 Å². The quantitative estimate of drug-likeness (QED) is 0.713. The Morgan fingerprint density at radius 1 is 1.14 bits per heavy atom. The highest BCUT2D eigenvalue weighted by atomic mass is 19.4. The predicted octanol–water partition coefficient (Wildman–Crippen LogP) is 4.31. The number of alkyl halides is 3. The van der Waals surface area contributed by atoms with E-state index in [2.05, 4.69) is 4.98 Å². The van der Waals surface area contributed by atoms with Crippen LogP contribution in [0.25, 0.3) is 5.57 Å². The van der Waals surface area contributed by atoms with Crippen molar-refractivity contribution in [1.82, 2.24) is 9.88 Å². The van der Waals surface area contributed by atoms with Crippen LogP contribution >= 0.6 is 0 Å². The first-order valence-corrected chi connectivity index (χ1v) is 8.82. The SMILES string of the molecule is CC1=C(c2ccccc2)C(=O)N(C(C)(C)C(=O)c2cc(C(F)(F)F)ccn2)CO1. The van der Waals surface area contributed by atoms with Gasteiger partial charge in [0, 0.05) is 6.20 Å². The van der Waals surface area contributed by atoms with Crippen molar-refractivity contribution >= 4 is 17.3 Å². The molecular formula is C21H19F3N2O3. The van der Waals surface area contributed by atoms with Gasteiger partial charge in [0.1, 0.15) is 17.0 Å². The molecule has 0 aliphatic carbocycles. The highest BCUT2D eigenvalue weighted by Crippen LogP contribution is 2.33. The number of pyridine rings is 1. The minimum atomic E-state index is -4.60. The molecule has 5 nitrogen and oxygen atoms in total. The van der Waals surface area contributed by atoms with Gasteiger partial charge in [-0.05, 0) is 38.5 Å². The van der Waals surface area contributed by atoms with Crippen LogP contribution in [0.15, 0.2) is 54.4 Å². The third-order valence-electron chi connectivity index (χ3n) is 4.83. The number of carbonyl (C=O) groups is 2. The Labute approximate surface area is 165 Å². The molecule has 0 radical (unpaired) electrons. The normalized spacial score (nSPS) is 15.4. The number of benzene rings is 1. The minimum absolute atomic E-state index is 0.196.